The molecule has 2 nitrogen and oxygen atoms in total. The van der Waals surface area contributed by atoms with Crippen LogP contribution in [0.25, 0.3) is 0 Å². The molecule has 4 heteroatoms. The van der Waals surface area contributed by atoms with Gasteiger partial charge in [0.2, 0.25) is 0 Å². The minimum atomic E-state index is -0.431. The molecule has 1 aliphatic rings. The molecule has 1 saturated carbocycles. The lowest BCUT2D eigenvalue weighted by Gasteiger charge is -2.15. The lowest BCUT2D eigenvalue weighted by atomic mass is 9.96. The standard InChI is InChI=1S/C14H17ClO2S/c1-9(2)18-12-5-4-10(8-11(12)15)14(6-7-14)13(16)17-3/h4-5,8-9H,6-7H2,1-3H3. The number of hydrogen-bond acceptors (Lipinski definition) is 3. The van der Waals surface area contributed by atoms with Gasteiger partial charge in [-0.3, -0.25) is 4.79 Å². The van der Waals surface area contributed by atoms with Crippen LogP contribution in [-0.2, 0) is 14.9 Å². The van der Waals surface area contributed by atoms with E-state index in [1.807, 2.05) is 18.2 Å². The summed E-state index contributed by atoms with van der Waals surface area (Å²) >= 11 is 8.01. The van der Waals surface area contributed by atoms with Crippen LogP contribution < -0.4 is 0 Å². The van der Waals surface area contributed by atoms with Crippen LogP contribution in [0.15, 0.2) is 23.1 Å². The molecule has 1 aliphatic carbocycles. The highest BCUT2D eigenvalue weighted by molar-refractivity contribution is 8.00. The summed E-state index contributed by atoms with van der Waals surface area (Å²) in [6.07, 6.45) is 1.71. The van der Waals surface area contributed by atoms with Crippen LogP contribution in [-0.4, -0.2) is 18.3 Å². The van der Waals surface area contributed by atoms with E-state index in [4.69, 9.17) is 16.3 Å². The molecular weight excluding hydrogens is 268 g/mol. The molecule has 0 radical (unpaired) electrons. The van der Waals surface area contributed by atoms with Crippen molar-refractivity contribution in [3.05, 3.63) is 28.8 Å². The monoisotopic (exact) mass is 284 g/mol. The summed E-state index contributed by atoms with van der Waals surface area (Å²) in [7, 11) is 1.44. The lowest BCUT2D eigenvalue weighted by Crippen LogP contribution is -2.21. The number of hydrogen-bond donors (Lipinski definition) is 0. The smallest absolute Gasteiger partial charge is 0.316 e. The molecule has 0 aromatic heterocycles. The molecule has 0 aliphatic heterocycles. The fraction of sp³-hybridized carbons (Fsp3) is 0.500. The molecule has 18 heavy (non-hydrogen) atoms. The van der Waals surface area contributed by atoms with Crippen LogP contribution in [0.2, 0.25) is 5.02 Å². The molecule has 0 atom stereocenters. The van der Waals surface area contributed by atoms with Crippen LogP contribution in [0.4, 0.5) is 0 Å². The van der Waals surface area contributed by atoms with Gasteiger partial charge in [-0.05, 0) is 30.5 Å². The number of carbonyl (C=O) groups excluding carboxylic acids is 1. The van der Waals surface area contributed by atoms with Gasteiger partial charge in [-0.15, -0.1) is 11.8 Å². The van der Waals surface area contributed by atoms with E-state index in [0.717, 1.165) is 28.3 Å². The van der Waals surface area contributed by atoms with Crippen molar-refractivity contribution in [1.29, 1.82) is 0 Å². The summed E-state index contributed by atoms with van der Waals surface area (Å²) < 4.78 is 4.88. The fourth-order valence-electron chi connectivity index (χ4n) is 2.08. The highest BCUT2D eigenvalue weighted by Gasteiger charge is 2.52. The zero-order valence-electron chi connectivity index (χ0n) is 10.8. The van der Waals surface area contributed by atoms with Gasteiger partial charge < -0.3 is 4.74 Å². The quantitative estimate of drug-likeness (QED) is 0.616. The predicted octanol–water partition coefficient (Wildman–Crippen LogP) is 4.05. The first-order valence-electron chi connectivity index (χ1n) is 6.05. The van der Waals surface area contributed by atoms with Crippen molar-refractivity contribution in [2.45, 2.75) is 42.2 Å². The Morgan fingerprint density at radius 3 is 2.56 bits per heavy atom. The molecule has 2 rings (SSSR count). The van der Waals surface area contributed by atoms with E-state index in [0.29, 0.717) is 5.25 Å². The van der Waals surface area contributed by atoms with Gasteiger partial charge in [0.1, 0.15) is 0 Å². The van der Waals surface area contributed by atoms with Crippen LogP contribution in [0.3, 0.4) is 0 Å². The number of ether oxygens (including phenoxy) is 1. The second-order valence-electron chi connectivity index (χ2n) is 4.89. The van der Waals surface area contributed by atoms with E-state index in [1.54, 1.807) is 11.8 Å². The second kappa shape index (κ2) is 5.14. The van der Waals surface area contributed by atoms with Gasteiger partial charge in [0.25, 0.3) is 0 Å². The maximum absolute atomic E-state index is 11.8. The van der Waals surface area contributed by atoms with Crippen LogP contribution >= 0.6 is 23.4 Å². The van der Waals surface area contributed by atoms with E-state index < -0.39 is 5.41 Å². The van der Waals surface area contributed by atoms with E-state index in [1.165, 1.54) is 7.11 Å². The lowest BCUT2D eigenvalue weighted by molar-refractivity contribution is -0.143. The summed E-state index contributed by atoms with van der Waals surface area (Å²) in [5.41, 5.74) is 0.548. The minimum Gasteiger partial charge on any atom is -0.468 e. The number of halogens is 1. The summed E-state index contributed by atoms with van der Waals surface area (Å²) in [4.78, 5) is 12.9. The third-order valence-corrected chi connectivity index (χ3v) is 4.68. The van der Waals surface area contributed by atoms with Crippen molar-refractivity contribution < 1.29 is 9.53 Å². The summed E-state index contributed by atoms with van der Waals surface area (Å²) in [6, 6.07) is 5.92. The van der Waals surface area contributed by atoms with Crippen molar-refractivity contribution in [2.75, 3.05) is 7.11 Å². The second-order valence-corrected chi connectivity index (χ2v) is 6.91. The number of esters is 1. The highest BCUT2D eigenvalue weighted by Crippen LogP contribution is 2.50. The van der Waals surface area contributed by atoms with E-state index in [-0.39, 0.29) is 5.97 Å². The Kier molecular flexibility index (Phi) is 3.93. The van der Waals surface area contributed by atoms with E-state index in [2.05, 4.69) is 13.8 Å². The van der Waals surface area contributed by atoms with E-state index in [9.17, 15) is 4.79 Å². The van der Waals surface area contributed by atoms with Crippen molar-refractivity contribution >= 4 is 29.3 Å². The Bertz CT molecular complexity index is 467. The van der Waals surface area contributed by atoms with Gasteiger partial charge in [0, 0.05) is 10.1 Å². The Hall–Kier alpha value is -0.670. The molecule has 98 valence electrons. The number of thioether (sulfide) groups is 1. The molecule has 1 fully saturated rings. The molecular formula is C14H17ClO2S. The van der Waals surface area contributed by atoms with Gasteiger partial charge in [-0.1, -0.05) is 31.5 Å². The first-order chi connectivity index (χ1) is 8.49. The van der Waals surface area contributed by atoms with Crippen LogP contribution in [0.1, 0.15) is 32.3 Å². The number of methoxy groups -OCH3 is 1. The molecule has 1 aromatic carbocycles. The molecule has 0 unspecified atom stereocenters. The third-order valence-electron chi connectivity index (χ3n) is 3.17. The van der Waals surface area contributed by atoms with Crippen LogP contribution in [0, 0.1) is 0 Å². The van der Waals surface area contributed by atoms with Gasteiger partial charge >= 0.3 is 5.97 Å². The molecule has 1 aromatic rings. The predicted molar refractivity (Wildman–Crippen MR) is 75.4 cm³/mol. The Labute approximate surface area is 117 Å². The average molecular weight is 285 g/mol. The van der Waals surface area contributed by atoms with Crippen molar-refractivity contribution in [2.24, 2.45) is 0 Å². The Morgan fingerprint density at radius 1 is 1.44 bits per heavy atom. The molecule has 0 N–H and O–H groups in total. The molecule has 0 heterocycles. The Balaban J connectivity index is 2.27. The number of benzene rings is 1. The van der Waals surface area contributed by atoms with Crippen molar-refractivity contribution in [3.8, 4) is 0 Å². The largest absolute Gasteiger partial charge is 0.468 e. The first-order valence-corrected chi connectivity index (χ1v) is 7.30. The summed E-state index contributed by atoms with van der Waals surface area (Å²) in [5.74, 6) is -0.150. The number of rotatable bonds is 4. The minimum absolute atomic E-state index is 0.150. The van der Waals surface area contributed by atoms with Gasteiger partial charge in [-0.25, -0.2) is 0 Å². The zero-order chi connectivity index (χ0) is 13.3. The average Bonchev–Trinajstić information content (AvgIpc) is 3.11. The summed E-state index contributed by atoms with van der Waals surface area (Å²) in [6.45, 7) is 4.26. The zero-order valence-corrected chi connectivity index (χ0v) is 12.4. The van der Waals surface area contributed by atoms with Crippen molar-refractivity contribution in [3.63, 3.8) is 0 Å². The topological polar surface area (TPSA) is 26.3 Å². The maximum atomic E-state index is 11.8. The van der Waals surface area contributed by atoms with Crippen molar-refractivity contribution in [1.82, 2.24) is 0 Å². The highest BCUT2D eigenvalue weighted by atomic mass is 35.5. The van der Waals surface area contributed by atoms with Gasteiger partial charge in [0.05, 0.1) is 17.5 Å². The normalized spacial score (nSPS) is 16.7. The Morgan fingerprint density at radius 2 is 2.11 bits per heavy atom. The maximum Gasteiger partial charge on any atom is 0.316 e. The SMILES string of the molecule is COC(=O)C1(c2ccc(SC(C)C)c(Cl)c2)CC1. The molecule has 0 bridgehead atoms. The molecule has 0 spiro atoms. The van der Waals surface area contributed by atoms with E-state index >= 15 is 0 Å². The molecule has 0 amide bonds. The molecule has 0 saturated heterocycles. The number of carbonyl (C=O) groups is 1. The third kappa shape index (κ3) is 2.52. The van der Waals surface area contributed by atoms with Crippen LogP contribution in [0.5, 0.6) is 0 Å². The van der Waals surface area contributed by atoms with Gasteiger partial charge in [0.15, 0.2) is 0 Å². The fourth-order valence-corrected chi connectivity index (χ4v) is 3.22. The summed E-state index contributed by atoms with van der Waals surface area (Å²) in [5, 5.41) is 1.21. The first kappa shape index (κ1) is 13.8. The van der Waals surface area contributed by atoms with Gasteiger partial charge in [-0.2, -0.15) is 0 Å².